The number of esters is 1. The highest BCUT2D eigenvalue weighted by Crippen LogP contribution is 2.11. The van der Waals surface area contributed by atoms with Crippen LogP contribution in [0.5, 0.6) is 0 Å². The highest BCUT2D eigenvalue weighted by molar-refractivity contribution is 6.33. The molecule has 0 unspecified atom stereocenters. The number of ketones is 1. The summed E-state index contributed by atoms with van der Waals surface area (Å²) in [7, 11) is 0. The molecule has 17 heavy (non-hydrogen) atoms. The fraction of sp³-hybridized carbons (Fsp3) is 0.385. The molecule has 1 rings (SSSR count). The molecule has 0 aliphatic carbocycles. The number of aryl methyl sites for hydroxylation is 1. The van der Waals surface area contributed by atoms with Gasteiger partial charge in [0.1, 0.15) is 0 Å². The summed E-state index contributed by atoms with van der Waals surface area (Å²) in [5, 5.41) is 0.691. The molecule has 0 aromatic heterocycles. The lowest BCUT2D eigenvalue weighted by Crippen LogP contribution is -2.17. The molecule has 0 aliphatic rings. The molecule has 0 bridgehead atoms. The Kier molecular flexibility index (Phi) is 5.70. The van der Waals surface area contributed by atoms with Gasteiger partial charge in [-0.2, -0.15) is 0 Å². The summed E-state index contributed by atoms with van der Waals surface area (Å²) >= 11 is 5.76. The second kappa shape index (κ2) is 7.07. The van der Waals surface area contributed by atoms with Gasteiger partial charge < -0.3 is 4.74 Å². The van der Waals surface area contributed by atoms with Gasteiger partial charge in [0.2, 0.25) is 5.78 Å². The summed E-state index contributed by atoms with van der Waals surface area (Å²) in [5.41, 5.74) is 1.10. The average molecular weight is 255 g/mol. The summed E-state index contributed by atoms with van der Waals surface area (Å²) in [6, 6.07) is 7.45. The number of Topliss-reactive ketones (excluding diaryl/α,β-unsaturated/α-hetero) is 1. The molecule has 0 saturated carbocycles. The van der Waals surface area contributed by atoms with Crippen molar-refractivity contribution < 1.29 is 14.3 Å². The highest BCUT2D eigenvalue weighted by Gasteiger charge is 2.13. The SMILES string of the molecule is CCOC(=O)C(=O)CCCc1ccc(Cl)cc1. The van der Waals surface area contributed by atoms with Crippen molar-refractivity contribution in [2.24, 2.45) is 0 Å². The molecule has 1 aromatic rings. The predicted molar refractivity (Wildman–Crippen MR) is 66.0 cm³/mol. The number of benzene rings is 1. The number of ether oxygens (including phenoxy) is 1. The summed E-state index contributed by atoms with van der Waals surface area (Å²) in [6.07, 6.45) is 1.61. The van der Waals surface area contributed by atoms with E-state index in [2.05, 4.69) is 4.74 Å². The number of halogens is 1. The average Bonchev–Trinajstić information content (AvgIpc) is 2.32. The molecule has 3 nitrogen and oxygen atoms in total. The molecular formula is C13H15ClO3. The van der Waals surface area contributed by atoms with Crippen LogP contribution in [0.2, 0.25) is 5.02 Å². The molecule has 0 aliphatic heterocycles. The van der Waals surface area contributed by atoms with Gasteiger partial charge in [-0.25, -0.2) is 4.79 Å². The third-order valence-electron chi connectivity index (χ3n) is 2.29. The van der Waals surface area contributed by atoms with Crippen LogP contribution in [0.3, 0.4) is 0 Å². The van der Waals surface area contributed by atoms with Gasteiger partial charge in [0, 0.05) is 11.4 Å². The first-order valence-electron chi connectivity index (χ1n) is 5.58. The van der Waals surface area contributed by atoms with Crippen molar-refractivity contribution in [3.05, 3.63) is 34.9 Å². The van der Waals surface area contributed by atoms with E-state index in [1.807, 2.05) is 24.3 Å². The maximum Gasteiger partial charge on any atom is 0.374 e. The van der Waals surface area contributed by atoms with E-state index in [0.717, 1.165) is 12.0 Å². The zero-order chi connectivity index (χ0) is 12.7. The van der Waals surface area contributed by atoms with Crippen LogP contribution >= 0.6 is 11.6 Å². The van der Waals surface area contributed by atoms with Gasteiger partial charge in [0.25, 0.3) is 0 Å². The van der Waals surface area contributed by atoms with Crippen LogP contribution in [0.25, 0.3) is 0 Å². The van der Waals surface area contributed by atoms with Crippen LogP contribution in [0.4, 0.5) is 0 Å². The Balaban J connectivity index is 2.30. The van der Waals surface area contributed by atoms with Gasteiger partial charge >= 0.3 is 5.97 Å². The van der Waals surface area contributed by atoms with Crippen molar-refractivity contribution in [1.29, 1.82) is 0 Å². The molecule has 0 amide bonds. The third kappa shape index (κ3) is 5.00. The minimum atomic E-state index is -0.733. The van der Waals surface area contributed by atoms with E-state index < -0.39 is 11.8 Å². The summed E-state index contributed by atoms with van der Waals surface area (Å²) in [4.78, 5) is 22.3. The van der Waals surface area contributed by atoms with Crippen molar-refractivity contribution in [3.8, 4) is 0 Å². The lowest BCUT2D eigenvalue weighted by Gasteiger charge is -2.02. The molecule has 0 spiro atoms. The molecule has 0 heterocycles. The van der Waals surface area contributed by atoms with E-state index in [1.165, 1.54) is 0 Å². The molecule has 0 atom stereocenters. The van der Waals surface area contributed by atoms with E-state index in [-0.39, 0.29) is 13.0 Å². The van der Waals surface area contributed by atoms with Crippen LogP contribution in [0, 0.1) is 0 Å². The Morgan fingerprint density at radius 2 is 1.88 bits per heavy atom. The maximum atomic E-state index is 11.3. The predicted octanol–water partition coefficient (Wildman–Crippen LogP) is 2.79. The lowest BCUT2D eigenvalue weighted by atomic mass is 10.1. The first-order valence-corrected chi connectivity index (χ1v) is 5.95. The molecule has 0 saturated heterocycles. The van der Waals surface area contributed by atoms with E-state index in [0.29, 0.717) is 11.4 Å². The number of hydrogen-bond acceptors (Lipinski definition) is 3. The van der Waals surface area contributed by atoms with Crippen LogP contribution in [0.15, 0.2) is 24.3 Å². The van der Waals surface area contributed by atoms with Crippen molar-refractivity contribution in [3.63, 3.8) is 0 Å². The Hall–Kier alpha value is -1.35. The molecule has 0 radical (unpaired) electrons. The summed E-state index contributed by atoms with van der Waals surface area (Å²) in [5.74, 6) is -1.19. The second-order valence-corrected chi connectivity index (χ2v) is 4.06. The van der Waals surface area contributed by atoms with Crippen molar-refractivity contribution in [2.45, 2.75) is 26.2 Å². The Bertz CT molecular complexity index is 384. The standard InChI is InChI=1S/C13H15ClO3/c1-2-17-13(16)12(15)5-3-4-10-6-8-11(14)9-7-10/h6-9H,2-5H2,1H3. The van der Waals surface area contributed by atoms with E-state index in [1.54, 1.807) is 6.92 Å². The first-order chi connectivity index (χ1) is 8.13. The van der Waals surface area contributed by atoms with Crippen LogP contribution in [-0.4, -0.2) is 18.4 Å². The van der Waals surface area contributed by atoms with Crippen molar-refractivity contribution >= 4 is 23.4 Å². The largest absolute Gasteiger partial charge is 0.460 e. The monoisotopic (exact) mass is 254 g/mol. The summed E-state index contributed by atoms with van der Waals surface area (Å²) < 4.78 is 4.62. The Morgan fingerprint density at radius 1 is 1.24 bits per heavy atom. The van der Waals surface area contributed by atoms with E-state index in [4.69, 9.17) is 11.6 Å². The van der Waals surface area contributed by atoms with E-state index in [9.17, 15) is 9.59 Å². The normalized spacial score (nSPS) is 10.0. The lowest BCUT2D eigenvalue weighted by molar-refractivity contribution is -0.153. The van der Waals surface area contributed by atoms with Crippen LogP contribution in [0.1, 0.15) is 25.3 Å². The quantitative estimate of drug-likeness (QED) is 0.579. The number of carbonyl (C=O) groups is 2. The van der Waals surface area contributed by atoms with Gasteiger partial charge in [-0.3, -0.25) is 4.79 Å². The fourth-order valence-corrected chi connectivity index (χ4v) is 1.54. The first kappa shape index (κ1) is 13.7. The Morgan fingerprint density at radius 3 is 2.47 bits per heavy atom. The number of hydrogen-bond donors (Lipinski definition) is 0. The van der Waals surface area contributed by atoms with Gasteiger partial charge in [-0.1, -0.05) is 23.7 Å². The van der Waals surface area contributed by atoms with Crippen LogP contribution in [-0.2, 0) is 20.7 Å². The minimum Gasteiger partial charge on any atom is -0.460 e. The van der Waals surface area contributed by atoms with Crippen molar-refractivity contribution in [2.75, 3.05) is 6.61 Å². The second-order valence-electron chi connectivity index (χ2n) is 3.62. The van der Waals surface area contributed by atoms with Crippen molar-refractivity contribution in [1.82, 2.24) is 0 Å². The highest BCUT2D eigenvalue weighted by atomic mass is 35.5. The zero-order valence-electron chi connectivity index (χ0n) is 9.74. The van der Waals surface area contributed by atoms with Gasteiger partial charge in [-0.15, -0.1) is 0 Å². The smallest absolute Gasteiger partial charge is 0.374 e. The van der Waals surface area contributed by atoms with Gasteiger partial charge in [0.15, 0.2) is 0 Å². The number of rotatable bonds is 6. The molecule has 0 fully saturated rings. The molecule has 92 valence electrons. The molecule has 4 heteroatoms. The topological polar surface area (TPSA) is 43.4 Å². The minimum absolute atomic E-state index is 0.224. The summed E-state index contributed by atoms with van der Waals surface area (Å²) in [6.45, 7) is 1.92. The molecule has 1 aromatic carbocycles. The fourth-order valence-electron chi connectivity index (χ4n) is 1.42. The van der Waals surface area contributed by atoms with Crippen LogP contribution < -0.4 is 0 Å². The van der Waals surface area contributed by atoms with Gasteiger partial charge in [0.05, 0.1) is 6.61 Å². The molecular weight excluding hydrogens is 240 g/mol. The van der Waals surface area contributed by atoms with E-state index >= 15 is 0 Å². The van der Waals surface area contributed by atoms with Gasteiger partial charge in [-0.05, 0) is 37.5 Å². The Labute approximate surface area is 106 Å². The number of carbonyl (C=O) groups excluding carboxylic acids is 2. The zero-order valence-corrected chi connectivity index (χ0v) is 10.5. The molecule has 0 N–H and O–H groups in total. The maximum absolute atomic E-state index is 11.3. The third-order valence-corrected chi connectivity index (χ3v) is 2.54.